The van der Waals surface area contributed by atoms with Gasteiger partial charge < -0.3 is 5.73 Å². The average molecular weight is 324 g/mol. The molecule has 2 aliphatic heterocycles. The fourth-order valence-corrected chi connectivity index (χ4v) is 4.00. The van der Waals surface area contributed by atoms with Crippen LogP contribution in [0.15, 0.2) is 22.7 Å². The van der Waals surface area contributed by atoms with Crippen LogP contribution in [0.2, 0.25) is 0 Å². The van der Waals surface area contributed by atoms with Crippen molar-refractivity contribution in [2.45, 2.75) is 37.9 Å². The summed E-state index contributed by atoms with van der Waals surface area (Å²) in [4.78, 5) is 5.15. The van der Waals surface area contributed by atoms with E-state index < -0.39 is 0 Å². The molecule has 2 unspecified atom stereocenters. The molecule has 1 aromatic rings. The normalized spacial score (nSPS) is 28.5. The number of benzene rings is 1. The van der Waals surface area contributed by atoms with Crippen LogP contribution in [0.5, 0.6) is 0 Å². The van der Waals surface area contributed by atoms with Gasteiger partial charge in [-0.3, -0.25) is 9.80 Å². The van der Waals surface area contributed by atoms with Crippen molar-refractivity contribution in [3.63, 3.8) is 0 Å². The van der Waals surface area contributed by atoms with Gasteiger partial charge in [0.1, 0.15) is 0 Å². The summed E-state index contributed by atoms with van der Waals surface area (Å²) in [6.07, 6.45) is 4.02. The van der Waals surface area contributed by atoms with Gasteiger partial charge in [0.2, 0.25) is 0 Å². The minimum absolute atomic E-state index is 0.733. The lowest BCUT2D eigenvalue weighted by atomic mass is 10.1. The summed E-state index contributed by atoms with van der Waals surface area (Å²) in [7, 11) is 2.29. The van der Waals surface area contributed by atoms with Crippen LogP contribution in [-0.2, 0) is 6.54 Å². The molecule has 2 saturated heterocycles. The van der Waals surface area contributed by atoms with E-state index in [0.29, 0.717) is 0 Å². The Hall–Kier alpha value is -0.580. The number of likely N-dealkylation sites (N-methyl/N-ethyl adjacent to an activating group) is 1. The van der Waals surface area contributed by atoms with E-state index in [0.717, 1.165) is 28.8 Å². The molecule has 2 aliphatic rings. The lowest BCUT2D eigenvalue weighted by Crippen LogP contribution is -2.36. The highest BCUT2D eigenvalue weighted by molar-refractivity contribution is 9.10. The predicted octanol–water partition coefficient (Wildman–Crippen LogP) is 2.70. The summed E-state index contributed by atoms with van der Waals surface area (Å²) >= 11 is 3.63. The number of anilines is 1. The maximum Gasteiger partial charge on any atom is 0.0371 e. The molecule has 3 rings (SSSR count). The fourth-order valence-electron chi connectivity index (χ4n) is 3.49. The van der Waals surface area contributed by atoms with Crippen LogP contribution in [0.4, 0.5) is 5.69 Å². The predicted molar refractivity (Wildman–Crippen MR) is 83.0 cm³/mol. The van der Waals surface area contributed by atoms with Gasteiger partial charge in [-0.15, -0.1) is 0 Å². The minimum Gasteiger partial charge on any atom is -0.398 e. The van der Waals surface area contributed by atoms with Crippen LogP contribution in [0.1, 0.15) is 24.8 Å². The van der Waals surface area contributed by atoms with Gasteiger partial charge in [-0.2, -0.15) is 0 Å². The van der Waals surface area contributed by atoms with Crippen molar-refractivity contribution < 1.29 is 0 Å². The van der Waals surface area contributed by atoms with Gasteiger partial charge >= 0.3 is 0 Å². The summed E-state index contributed by atoms with van der Waals surface area (Å²) < 4.78 is 1.13. The molecule has 0 spiro atoms. The number of rotatable bonds is 2. The molecular formula is C15H22BrN3. The second-order valence-corrected chi connectivity index (χ2v) is 6.74. The molecule has 2 atom stereocenters. The molecule has 2 bridgehead atoms. The van der Waals surface area contributed by atoms with Gasteiger partial charge in [0.15, 0.2) is 0 Å². The van der Waals surface area contributed by atoms with Crippen molar-refractivity contribution in [2.75, 3.05) is 25.9 Å². The third kappa shape index (κ3) is 2.67. The third-order valence-corrected chi connectivity index (χ3v) is 5.51. The van der Waals surface area contributed by atoms with Crippen molar-refractivity contribution in [3.8, 4) is 0 Å². The zero-order valence-electron chi connectivity index (χ0n) is 11.5. The molecule has 0 aliphatic carbocycles. The smallest absolute Gasteiger partial charge is 0.0371 e. The van der Waals surface area contributed by atoms with E-state index in [1.54, 1.807) is 0 Å². The molecule has 19 heavy (non-hydrogen) atoms. The summed E-state index contributed by atoms with van der Waals surface area (Å²) in [6, 6.07) is 7.61. The number of hydrogen-bond donors (Lipinski definition) is 1. The number of fused-ring (bicyclic) bond motifs is 2. The zero-order chi connectivity index (χ0) is 13.4. The van der Waals surface area contributed by atoms with E-state index in [4.69, 9.17) is 5.73 Å². The Bertz CT molecular complexity index is 442. The van der Waals surface area contributed by atoms with Crippen molar-refractivity contribution in [1.29, 1.82) is 0 Å². The first-order valence-corrected chi connectivity index (χ1v) is 7.91. The molecular weight excluding hydrogens is 302 g/mol. The molecule has 2 heterocycles. The zero-order valence-corrected chi connectivity index (χ0v) is 13.1. The van der Waals surface area contributed by atoms with E-state index in [1.165, 1.54) is 37.9 Å². The second-order valence-electron chi connectivity index (χ2n) is 5.88. The quantitative estimate of drug-likeness (QED) is 0.849. The van der Waals surface area contributed by atoms with Gasteiger partial charge in [-0.1, -0.05) is 22.0 Å². The number of nitrogens with two attached hydrogens (primary N) is 1. The lowest BCUT2D eigenvalue weighted by molar-refractivity contribution is 0.214. The third-order valence-electron chi connectivity index (χ3n) is 4.77. The topological polar surface area (TPSA) is 32.5 Å². The van der Waals surface area contributed by atoms with E-state index in [-0.39, 0.29) is 0 Å². The van der Waals surface area contributed by atoms with E-state index in [9.17, 15) is 0 Å². The molecule has 0 aromatic heterocycles. The second kappa shape index (κ2) is 5.43. The van der Waals surface area contributed by atoms with Crippen LogP contribution < -0.4 is 5.73 Å². The Labute approximate surface area is 123 Å². The van der Waals surface area contributed by atoms with Crippen LogP contribution in [0, 0.1) is 0 Å². The lowest BCUT2D eigenvalue weighted by Gasteiger charge is -2.26. The van der Waals surface area contributed by atoms with Crippen molar-refractivity contribution in [3.05, 3.63) is 28.2 Å². The minimum atomic E-state index is 0.733. The highest BCUT2D eigenvalue weighted by atomic mass is 79.9. The van der Waals surface area contributed by atoms with Gasteiger partial charge in [-0.05, 0) is 38.4 Å². The molecule has 104 valence electrons. The largest absolute Gasteiger partial charge is 0.398 e. The first-order chi connectivity index (χ1) is 9.15. The van der Waals surface area contributed by atoms with E-state index in [2.05, 4.69) is 38.8 Å². The number of nitrogens with zero attached hydrogens (tertiary/aromatic N) is 2. The molecule has 4 heteroatoms. The molecule has 1 aromatic carbocycles. The Morgan fingerprint density at radius 1 is 1.26 bits per heavy atom. The van der Waals surface area contributed by atoms with Crippen LogP contribution >= 0.6 is 15.9 Å². The number of halogens is 1. The molecule has 3 nitrogen and oxygen atoms in total. The Balaban J connectivity index is 1.74. The SMILES string of the molecule is CN1C2CCC1CN(Cc1c(N)cccc1Br)CC2. The standard InChI is InChI=1S/C15H22BrN3/c1-18-11-5-6-12(18)9-19(8-7-11)10-13-14(16)3-2-4-15(13)17/h2-4,11-12H,5-10,17H2,1H3. The van der Waals surface area contributed by atoms with Crippen molar-refractivity contribution >= 4 is 21.6 Å². The van der Waals surface area contributed by atoms with Crippen LogP contribution in [0.3, 0.4) is 0 Å². The Kier molecular flexibility index (Phi) is 3.83. The maximum atomic E-state index is 6.11. The monoisotopic (exact) mass is 323 g/mol. The van der Waals surface area contributed by atoms with Crippen molar-refractivity contribution in [1.82, 2.24) is 9.80 Å². The Morgan fingerprint density at radius 3 is 2.84 bits per heavy atom. The van der Waals surface area contributed by atoms with E-state index >= 15 is 0 Å². The fraction of sp³-hybridized carbons (Fsp3) is 0.600. The van der Waals surface area contributed by atoms with E-state index in [1.807, 2.05) is 12.1 Å². The first kappa shape index (κ1) is 13.4. The van der Waals surface area contributed by atoms with Crippen LogP contribution in [-0.4, -0.2) is 42.0 Å². The maximum absolute atomic E-state index is 6.11. The average Bonchev–Trinajstić information content (AvgIpc) is 2.61. The number of hydrogen-bond acceptors (Lipinski definition) is 3. The van der Waals surface area contributed by atoms with Crippen molar-refractivity contribution in [2.24, 2.45) is 0 Å². The summed E-state index contributed by atoms with van der Waals surface area (Å²) in [6.45, 7) is 3.32. The molecule has 2 N–H and O–H groups in total. The van der Waals surface area contributed by atoms with Gasteiger partial charge in [0.25, 0.3) is 0 Å². The van der Waals surface area contributed by atoms with Crippen LogP contribution in [0.25, 0.3) is 0 Å². The molecule has 0 radical (unpaired) electrons. The number of nitrogen functional groups attached to an aromatic ring is 1. The highest BCUT2D eigenvalue weighted by Gasteiger charge is 2.34. The summed E-state index contributed by atoms with van der Waals surface area (Å²) in [5.41, 5.74) is 8.25. The summed E-state index contributed by atoms with van der Waals surface area (Å²) in [5, 5.41) is 0. The first-order valence-electron chi connectivity index (χ1n) is 7.12. The molecule has 0 saturated carbocycles. The molecule has 2 fully saturated rings. The number of likely N-dealkylation sites (tertiary alicyclic amines) is 1. The summed E-state index contributed by atoms with van der Waals surface area (Å²) in [5.74, 6) is 0. The molecule has 0 amide bonds. The van der Waals surface area contributed by atoms with Gasteiger partial charge in [0.05, 0.1) is 0 Å². The highest BCUT2D eigenvalue weighted by Crippen LogP contribution is 2.30. The van der Waals surface area contributed by atoms with Gasteiger partial charge in [0, 0.05) is 47.4 Å². The Morgan fingerprint density at radius 2 is 2.05 bits per heavy atom. The van der Waals surface area contributed by atoms with Gasteiger partial charge in [-0.25, -0.2) is 0 Å².